The summed E-state index contributed by atoms with van der Waals surface area (Å²) in [7, 11) is 1.68. The van der Waals surface area contributed by atoms with E-state index in [-0.39, 0.29) is 17.6 Å². The topological polar surface area (TPSA) is 65.8 Å². The number of aromatic nitrogens is 2. The molecule has 0 bridgehead atoms. The van der Waals surface area contributed by atoms with Crippen LogP contribution < -0.4 is 4.74 Å². The van der Waals surface area contributed by atoms with Crippen LogP contribution in [-0.4, -0.2) is 53.2 Å². The maximum absolute atomic E-state index is 12.7. The van der Waals surface area contributed by atoms with Gasteiger partial charge < -0.3 is 9.47 Å². The molecule has 1 fully saturated rings. The number of hydrogen-bond donors (Lipinski definition) is 0. The Kier molecular flexibility index (Phi) is 6.32. The summed E-state index contributed by atoms with van der Waals surface area (Å²) in [5.41, 5.74) is 3.24. The Morgan fingerprint density at radius 1 is 1.32 bits per heavy atom. The number of nitrogens with zero attached hydrogens (tertiary/aromatic N) is 3. The normalized spacial score (nSPS) is 18.9. The number of piperidine rings is 1. The highest BCUT2D eigenvalue weighted by Crippen LogP contribution is 2.45. The van der Waals surface area contributed by atoms with E-state index in [1.807, 2.05) is 22.7 Å². The summed E-state index contributed by atoms with van der Waals surface area (Å²) in [5, 5.41) is 6.86. The Morgan fingerprint density at radius 2 is 2.13 bits per heavy atom. The maximum atomic E-state index is 12.7. The van der Waals surface area contributed by atoms with E-state index < -0.39 is 0 Å². The molecule has 2 aliphatic rings. The molecule has 2 aliphatic heterocycles. The van der Waals surface area contributed by atoms with Crippen molar-refractivity contribution in [2.45, 2.75) is 62.8 Å². The van der Waals surface area contributed by atoms with Gasteiger partial charge in [0, 0.05) is 34.9 Å². The third-order valence-electron chi connectivity index (χ3n) is 5.40. The molecule has 1 unspecified atom stereocenters. The van der Waals surface area contributed by atoms with Gasteiger partial charge in [-0.25, -0.2) is 4.79 Å². The molecule has 168 valence electrons. The van der Waals surface area contributed by atoms with Crippen LogP contribution >= 0.6 is 11.8 Å². The lowest BCUT2D eigenvalue weighted by Gasteiger charge is -2.37. The molecule has 1 aromatic carbocycles. The van der Waals surface area contributed by atoms with Crippen molar-refractivity contribution in [3.63, 3.8) is 0 Å². The minimum absolute atomic E-state index is 0.117. The van der Waals surface area contributed by atoms with Gasteiger partial charge in [-0.3, -0.25) is 9.52 Å². The van der Waals surface area contributed by atoms with Crippen LogP contribution in [0.15, 0.2) is 23.1 Å². The molecular formula is C23H31N3O4S. The fourth-order valence-electron chi connectivity index (χ4n) is 4.20. The van der Waals surface area contributed by atoms with Crippen LogP contribution in [0.1, 0.15) is 62.6 Å². The van der Waals surface area contributed by atoms with Crippen molar-refractivity contribution in [1.82, 2.24) is 14.8 Å². The third kappa shape index (κ3) is 4.61. The highest BCUT2D eigenvalue weighted by atomic mass is 32.2. The van der Waals surface area contributed by atoms with Crippen molar-refractivity contribution >= 4 is 17.7 Å². The Morgan fingerprint density at radius 3 is 2.84 bits per heavy atom. The molecule has 1 saturated heterocycles. The number of carbonyl (C=O) groups excluding carboxylic acids is 1. The number of rotatable bonds is 5. The van der Waals surface area contributed by atoms with Crippen LogP contribution in [-0.2, 0) is 15.3 Å². The van der Waals surface area contributed by atoms with Crippen LogP contribution in [0, 0.1) is 0 Å². The molecule has 0 N–H and O–H groups in total. The number of thioether (sulfide) groups is 1. The average Bonchev–Trinajstić information content (AvgIpc) is 3.12. The number of hydroxylamine groups is 2. The maximum Gasteiger partial charge on any atom is 0.359 e. The number of hydrogen-bond acceptors (Lipinski definition) is 7. The van der Waals surface area contributed by atoms with Crippen LogP contribution in [0.4, 0.5) is 0 Å². The molecule has 31 heavy (non-hydrogen) atoms. The predicted octanol–water partition coefficient (Wildman–Crippen LogP) is 4.71. The number of ether oxygens (including phenoxy) is 2. The molecule has 0 spiro atoms. The van der Waals surface area contributed by atoms with Crippen molar-refractivity contribution in [3.8, 4) is 17.0 Å². The highest BCUT2D eigenvalue weighted by molar-refractivity contribution is 7.98. The van der Waals surface area contributed by atoms with Gasteiger partial charge in [0.25, 0.3) is 0 Å². The second-order valence-electron chi connectivity index (χ2n) is 8.88. The summed E-state index contributed by atoms with van der Waals surface area (Å²) < 4.78 is 12.8. The summed E-state index contributed by atoms with van der Waals surface area (Å²) in [6.45, 7) is 9.96. The van der Waals surface area contributed by atoms with E-state index >= 15 is 0 Å². The first kappa shape index (κ1) is 22.2. The number of benzene rings is 1. The van der Waals surface area contributed by atoms with Gasteiger partial charge in [0.1, 0.15) is 5.75 Å². The fraction of sp³-hybridized carbons (Fsp3) is 0.565. The van der Waals surface area contributed by atoms with Gasteiger partial charge in [0.05, 0.1) is 31.1 Å². The first-order chi connectivity index (χ1) is 14.8. The van der Waals surface area contributed by atoms with Crippen LogP contribution in [0.25, 0.3) is 11.3 Å². The molecule has 0 amide bonds. The van der Waals surface area contributed by atoms with Gasteiger partial charge in [0.2, 0.25) is 0 Å². The molecule has 4 rings (SSSR count). The fourth-order valence-corrected chi connectivity index (χ4v) is 5.30. The zero-order valence-corrected chi connectivity index (χ0v) is 19.8. The Hall–Kier alpha value is -2.03. The molecule has 1 aromatic heterocycles. The van der Waals surface area contributed by atoms with E-state index in [0.717, 1.165) is 53.4 Å². The van der Waals surface area contributed by atoms with Crippen molar-refractivity contribution < 1.29 is 19.1 Å². The minimum atomic E-state index is -0.353. The van der Waals surface area contributed by atoms with E-state index in [1.165, 1.54) is 0 Å². The Balaban J connectivity index is 1.76. The smallest absolute Gasteiger partial charge is 0.359 e. The number of carbonyl (C=O) groups is 1. The first-order valence-corrected chi connectivity index (χ1v) is 11.8. The first-order valence-electron chi connectivity index (χ1n) is 10.8. The minimum Gasteiger partial charge on any atom is -0.497 e. The van der Waals surface area contributed by atoms with Gasteiger partial charge in [0.15, 0.2) is 5.69 Å². The molecule has 1 atom stereocenters. The Bertz CT molecular complexity index is 966. The lowest BCUT2D eigenvalue weighted by molar-refractivity contribution is -0.240. The second-order valence-corrected chi connectivity index (χ2v) is 9.90. The van der Waals surface area contributed by atoms with Gasteiger partial charge in [-0.1, -0.05) is 0 Å². The van der Waals surface area contributed by atoms with Crippen molar-refractivity contribution in [2.75, 3.05) is 26.8 Å². The molecular weight excluding hydrogens is 414 g/mol. The quantitative estimate of drug-likeness (QED) is 0.618. The molecule has 2 aromatic rings. The number of fused-ring (bicyclic) bond motifs is 3. The SMILES string of the molecule is CCOC(=O)c1nn(C2CCCN(OC(C)(C)C)C2)c2c1CSc1cc(OC)ccc1-2. The van der Waals surface area contributed by atoms with E-state index in [0.29, 0.717) is 18.1 Å². The lowest BCUT2D eigenvalue weighted by Crippen LogP contribution is -2.41. The van der Waals surface area contributed by atoms with Crippen LogP contribution in [0.3, 0.4) is 0 Å². The molecule has 0 aliphatic carbocycles. The highest BCUT2D eigenvalue weighted by Gasteiger charge is 2.34. The van der Waals surface area contributed by atoms with Gasteiger partial charge in [-0.2, -0.15) is 10.2 Å². The molecule has 0 saturated carbocycles. The lowest BCUT2D eigenvalue weighted by atomic mass is 10.0. The average molecular weight is 446 g/mol. The van der Waals surface area contributed by atoms with Crippen LogP contribution in [0.5, 0.6) is 5.75 Å². The van der Waals surface area contributed by atoms with E-state index in [4.69, 9.17) is 19.4 Å². The molecule has 3 heterocycles. The van der Waals surface area contributed by atoms with Gasteiger partial charge in [-0.05, 0) is 58.7 Å². The summed E-state index contributed by atoms with van der Waals surface area (Å²) in [4.78, 5) is 20.0. The third-order valence-corrected chi connectivity index (χ3v) is 6.48. The zero-order chi connectivity index (χ0) is 22.2. The van der Waals surface area contributed by atoms with Gasteiger partial charge in [-0.15, -0.1) is 11.8 Å². The monoisotopic (exact) mass is 445 g/mol. The number of methoxy groups -OCH3 is 1. The van der Waals surface area contributed by atoms with Crippen molar-refractivity contribution in [1.29, 1.82) is 0 Å². The molecule has 0 radical (unpaired) electrons. The molecule has 8 heteroatoms. The van der Waals surface area contributed by atoms with E-state index in [1.54, 1.807) is 18.9 Å². The summed E-state index contributed by atoms with van der Waals surface area (Å²) in [6, 6.07) is 6.20. The summed E-state index contributed by atoms with van der Waals surface area (Å²) in [5.74, 6) is 1.15. The van der Waals surface area contributed by atoms with Crippen LogP contribution in [0.2, 0.25) is 0 Å². The van der Waals surface area contributed by atoms with E-state index in [2.05, 4.69) is 32.9 Å². The summed E-state index contributed by atoms with van der Waals surface area (Å²) >= 11 is 1.70. The van der Waals surface area contributed by atoms with E-state index in [9.17, 15) is 4.79 Å². The standard InChI is InChI=1S/C23H31N3O4S/c1-6-29-22(27)20-18-14-31-19-12-16(28-5)9-10-17(19)21(18)26(24-20)15-8-7-11-25(13-15)30-23(2,3)4/h9-10,12,15H,6-8,11,13-14H2,1-5H3. The zero-order valence-electron chi connectivity index (χ0n) is 18.9. The Labute approximate surface area is 188 Å². The predicted molar refractivity (Wildman–Crippen MR) is 120 cm³/mol. The number of esters is 1. The van der Waals surface area contributed by atoms with Crippen molar-refractivity contribution in [2.24, 2.45) is 0 Å². The second kappa shape index (κ2) is 8.84. The van der Waals surface area contributed by atoms with Gasteiger partial charge >= 0.3 is 5.97 Å². The summed E-state index contributed by atoms with van der Waals surface area (Å²) in [6.07, 6.45) is 1.99. The largest absolute Gasteiger partial charge is 0.497 e. The van der Waals surface area contributed by atoms with Crippen molar-refractivity contribution in [3.05, 3.63) is 29.5 Å². The molecule has 7 nitrogen and oxygen atoms in total.